The number of thioether (sulfide) groups is 1. The van der Waals surface area contributed by atoms with E-state index in [9.17, 15) is 8.42 Å². The third kappa shape index (κ3) is 3.29. The number of nitrogens with one attached hydrogen (secondary N) is 1. The number of aromatic nitrogens is 2. The average Bonchev–Trinajstić information content (AvgIpc) is 3.27. The van der Waals surface area contributed by atoms with Gasteiger partial charge in [-0.05, 0) is 34.0 Å². The summed E-state index contributed by atoms with van der Waals surface area (Å²) in [4.78, 5) is 0.243. The van der Waals surface area contributed by atoms with E-state index >= 15 is 0 Å². The molecular formula is C20H16N4O2S3. The van der Waals surface area contributed by atoms with E-state index < -0.39 is 16.1 Å². The highest BCUT2D eigenvalue weighted by atomic mass is 32.2. The minimum absolute atomic E-state index is 0.179. The van der Waals surface area contributed by atoms with Crippen molar-refractivity contribution >= 4 is 49.0 Å². The summed E-state index contributed by atoms with van der Waals surface area (Å²) >= 11 is 2.78. The van der Waals surface area contributed by atoms with Crippen LogP contribution in [0.4, 0.5) is 5.13 Å². The lowest BCUT2D eigenvalue weighted by atomic mass is 10.1. The van der Waals surface area contributed by atoms with Gasteiger partial charge in [0, 0.05) is 0 Å². The molecule has 5 rings (SSSR count). The first kappa shape index (κ1) is 18.6. The van der Waals surface area contributed by atoms with Gasteiger partial charge in [-0.25, -0.2) is 13.1 Å². The number of rotatable bonds is 5. The summed E-state index contributed by atoms with van der Waals surface area (Å²) in [7, 11) is -3.70. The SMILES string of the molecule is Nc1nnc(S[C@H]2c3cccc4cccc(c34)[C@H]2NS(=O)(=O)c2ccccc2)s1. The van der Waals surface area contributed by atoms with E-state index in [1.807, 2.05) is 36.4 Å². The van der Waals surface area contributed by atoms with Crippen LogP contribution in [0.25, 0.3) is 10.8 Å². The molecule has 29 heavy (non-hydrogen) atoms. The maximum atomic E-state index is 13.1. The molecule has 6 nitrogen and oxygen atoms in total. The molecule has 1 aliphatic carbocycles. The topological polar surface area (TPSA) is 98.0 Å². The van der Waals surface area contributed by atoms with Crippen molar-refractivity contribution in [1.29, 1.82) is 0 Å². The van der Waals surface area contributed by atoms with Crippen LogP contribution in [0.5, 0.6) is 0 Å². The summed E-state index contributed by atoms with van der Waals surface area (Å²) in [5.41, 5.74) is 7.79. The Hall–Kier alpha value is -2.46. The number of anilines is 1. The van der Waals surface area contributed by atoms with E-state index in [0.717, 1.165) is 21.9 Å². The average molecular weight is 441 g/mol. The Kier molecular flexibility index (Phi) is 4.54. The predicted octanol–water partition coefficient (Wildman–Crippen LogP) is 4.14. The van der Waals surface area contributed by atoms with Crippen LogP contribution in [0, 0.1) is 0 Å². The normalized spacial score (nSPS) is 18.3. The number of benzene rings is 3. The fourth-order valence-electron chi connectivity index (χ4n) is 3.71. The Balaban J connectivity index is 1.61. The first-order chi connectivity index (χ1) is 14.0. The maximum absolute atomic E-state index is 13.1. The Morgan fingerprint density at radius 2 is 1.66 bits per heavy atom. The summed E-state index contributed by atoms with van der Waals surface area (Å²) in [5, 5.41) is 10.4. The van der Waals surface area contributed by atoms with Gasteiger partial charge in [-0.2, -0.15) is 0 Å². The first-order valence-corrected chi connectivity index (χ1v) is 12.1. The van der Waals surface area contributed by atoms with Crippen molar-refractivity contribution in [2.24, 2.45) is 0 Å². The van der Waals surface area contributed by atoms with Gasteiger partial charge in [0.1, 0.15) is 0 Å². The van der Waals surface area contributed by atoms with Crippen LogP contribution in [0.15, 0.2) is 76.0 Å². The molecule has 4 aromatic rings. The van der Waals surface area contributed by atoms with Crippen LogP contribution in [0.2, 0.25) is 0 Å². The Morgan fingerprint density at radius 3 is 2.34 bits per heavy atom. The van der Waals surface area contributed by atoms with Gasteiger partial charge < -0.3 is 5.73 Å². The molecule has 0 aliphatic heterocycles. The number of nitrogens with two attached hydrogens (primary N) is 1. The molecule has 9 heteroatoms. The number of nitrogens with zero attached hydrogens (tertiary/aromatic N) is 2. The van der Waals surface area contributed by atoms with Crippen molar-refractivity contribution in [3.05, 3.63) is 77.9 Å². The number of nitrogen functional groups attached to an aromatic ring is 1. The molecule has 1 heterocycles. The molecule has 0 fully saturated rings. The zero-order chi connectivity index (χ0) is 20.0. The summed E-state index contributed by atoms with van der Waals surface area (Å²) in [6.45, 7) is 0. The second kappa shape index (κ2) is 7.10. The fraction of sp³-hybridized carbons (Fsp3) is 0.100. The summed E-state index contributed by atoms with van der Waals surface area (Å²) in [6.07, 6.45) is 0. The standard InChI is InChI=1S/C20H16N4O2S3/c21-19-22-23-20(28-19)27-18-15-11-5-7-12-6-4-10-14(16(12)15)17(18)24-29(25,26)13-8-2-1-3-9-13/h1-11,17-18,24H,(H2,21,22)/t17-,18+/m1/s1. The van der Waals surface area contributed by atoms with Gasteiger partial charge in [0.15, 0.2) is 4.34 Å². The lowest BCUT2D eigenvalue weighted by Crippen LogP contribution is -2.29. The molecule has 0 radical (unpaired) electrons. The molecule has 1 aliphatic rings. The van der Waals surface area contributed by atoms with E-state index in [-0.39, 0.29) is 10.1 Å². The smallest absolute Gasteiger partial charge is 0.241 e. The highest BCUT2D eigenvalue weighted by Gasteiger charge is 2.38. The largest absolute Gasteiger partial charge is 0.374 e. The van der Waals surface area contributed by atoms with Gasteiger partial charge in [-0.3, -0.25) is 0 Å². The van der Waals surface area contributed by atoms with Crippen LogP contribution < -0.4 is 10.5 Å². The summed E-state index contributed by atoms with van der Waals surface area (Å²) in [6, 6.07) is 20.1. The minimum Gasteiger partial charge on any atom is -0.374 e. The fourth-order valence-corrected chi connectivity index (χ4v) is 7.12. The Bertz CT molecular complexity index is 1300. The first-order valence-electron chi connectivity index (χ1n) is 8.87. The van der Waals surface area contributed by atoms with E-state index in [2.05, 4.69) is 14.9 Å². The predicted molar refractivity (Wildman–Crippen MR) is 116 cm³/mol. The van der Waals surface area contributed by atoms with Gasteiger partial charge in [0.05, 0.1) is 16.2 Å². The maximum Gasteiger partial charge on any atom is 0.241 e. The van der Waals surface area contributed by atoms with Gasteiger partial charge in [-0.15, -0.1) is 10.2 Å². The van der Waals surface area contributed by atoms with Crippen molar-refractivity contribution < 1.29 is 8.42 Å². The monoisotopic (exact) mass is 440 g/mol. The molecule has 2 atom stereocenters. The summed E-state index contributed by atoms with van der Waals surface area (Å²) < 4.78 is 29.8. The van der Waals surface area contributed by atoms with Crippen LogP contribution >= 0.6 is 23.1 Å². The minimum atomic E-state index is -3.70. The van der Waals surface area contributed by atoms with Crippen LogP contribution in [-0.4, -0.2) is 18.6 Å². The van der Waals surface area contributed by atoms with Crippen molar-refractivity contribution in [1.82, 2.24) is 14.9 Å². The quantitative estimate of drug-likeness (QED) is 0.484. The van der Waals surface area contributed by atoms with Crippen molar-refractivity contribution in [3.63, 3.8) is 0 Å². The molecule has 1 aromatic heterocycles. The van der Waals surface area contributed by atoms with E-state index in [0.29, 0.717) is 9.47 Å². The molecule has 0 spiro atoms. The van der Waals surface area contributed by atoms with Gasteiger partial charge in [-0.1, -0.05) is 77.7 Å². The lowest BCUT2D eigenvalue weighted by molar-refractivity contribution is 0.557. The Labute approximate surface area is 176 Å². The Morgan fingerprint density at radius 1 is 0.931 bits per heavy atom. The number of hydrogen-bond acceptors (Lipinski definition) is 7. The van der Waals surface area contributed by atoms with Crippen molar-refractivity contribution in [2.75, 3.05) is 5.73 Å². The lowest BCUT2D eigenvalue weighted by Gasteiger charge is -2.21. The third-order valence-electron chi connectivity index (χ3n) is 4.90. The van der Waals surface area contributed by atoms with E-state index in [1.54, 1.807) is 30.3 Å². The zero-order valence-electron chi connectivity index (χ0n) is 15.0. The molecule has 3 N–H and O–H groups in total. The highest BCUT2D eigenvalue weighted by Crippen LogP contribution is 2.53. The van der Waals surface area contributed by atoms with Crippen molar-refractivity contribution in [2.45, 2.75) is 20.5 Å². The van der Waals surface area contributed by atoms with Crippen LogP contribution in [0.1, 0.15) is 22.4 Å². The molecule has 0 amide bonds. The number of sulfonamides is 1. The molecule has 146 valence electrons. The van der Waals surface area contributed by atoms with Crippen LogP contribution in [-0.2, 0) is 10.0 Å². The second-order valence-electron chi connectivity index (χ2n) is 6.65. The van der Waals surface area contributed by atoms with Gasteiger partial charge in [0.25, 0.3) is 0 Å². The van der Waals surface area contributed by atoms with Gasteiger partial charge in [0.2, 0.25) is 15.2 Å². The van der Waals surface area contributed by atoms with E-state index in [4.69, 9.17) is 5.73 Å². The van der Waals surface area contributed by atoms with Gasteiger partial charge >= 0.3 is 0 Å². The second-order valence-corrected chi connectivity index (χ2v) is 10.8. The molecule has 0 saturated carbocycles. The third-order valence-corrected chi connectivity index (χ3v) is 8.51. The van der Waals surface area contributed by atoms with Crippen molar-refractivity contribution in [3.8, 4) is 0 Å². The molecular weight excluding hydrogens is 424 g/mol. The molecule has 0 unspecified atom stereocenters. The molecule has 3 aromatic carbocycles. The van der Waals surface area contributed by atoms with Crippen LogP contribution in [0.3, 0.4) is 0 Å². The number of hydrogen-bond donors (Lipinski definition) is 2. The summed E-state index contributed by atoms with van der Waals surface area (Å²) in [5.74, 6) is 0. The highest BCUT2D eigenvalue weighted by molar-refractivity contribution is 8.01. The van der Waals surface area contributed by atoms with E-state index in [1.165, 1.54) is 23.1 Å². The molecule has 0 saturated heterocycles. The molecule has 0 bridgehead atoms. The zero-order valence-corrected chi connectivity index (χ0v) is 17.5.